The van der Waals surface area contributed by atoms with E-state index in [9.17, 15) is 13.2 Å². The zero-order chi connectivity index (χ0) is 26.1. The molecule has 0 saturated carbocycles. The fourth-order valence-corrected chi connectivity index (χ4v) is 5.54. The van der Waals surface area contributed by atoms with E-state index in [1.54, 1.807) is 36.5 Å². The predicted molar refractivity (Wildman–Crippen MR) is 148 cm³/mol. The van der Waals surface area contributed by atoms with Crippen LogP contribution >= 0.6 is 11.6 Å². The zero-order valence-electron chi connectivity index (χ0n) is 20.3. The van der Waals surface area contributed by atoms with Gasteiger partial charge in [0.05, 0.1) is 17.0 Å². The first kappa shape index (κ1) is 26.6. The van der Waals surface area contributed by atoms with Gasteiger partial charge < -0.3 is 10.6 Å². The van der Waals surface area contributed by atoms with Gasteiger partial charge in [-0.15, -0.1) is 0 Å². The molecule has 0 radical (unpaired) electrons. The molecule has 0 aliphatic heterocycles. The van der Waals surface area contributed by atoms with Crippen LogP contribution in [0.5, 0.6) is 0 Å². The summed E-state index contributed by atoms with van der Waals surface area (Å²) in [6.07, 6.45) is 2.90. The molecule has 192 valence electrons. The van der Waals surface area contributed by atoms with Crippen LogP contribution in [0.25, 0.3) is 10.9 Å². The summed E-state index contributed by atoms with van der Waals surface area (Å²) in [5, 5.41) is 7.82. The number of rotatable bonds is 12. The molecule has 0 aliphatic carbocycles. The molecule has 7 nitrogen and oxygen atoms in total. The Bertz CT molecular complexity index is 1430. The molecule has 0 unspecified atom stereocenters. The molecule has 2 N–H and O–H groups in total. The number of hydrogen-bond acceptors (Lipinski definition) is 5. The molecule has 0 fully saturated rings. The molecule has 3 aromatic carbocycles. The smallest absolute Gasteiger partial charge is 0.243 e. The van der Waals surface area contributed by atoms with Gasteiger partial charge >= 0.3 is 0 Å². The van der Waals surface area contributed by atoms with Gasteiger partial charge in [0, 0.05) is 41.9 Å². The van der Waals surface area contributed by atoms with Crippen molar-refractivity contribution in [2.75, 3.05) is 31.5 Å². The van der Waals surface area contributed by atoms with Crippen molar-refractivity contribution in [1.82, 2.24) is 14.6 Å². The molecule has 1 heterocycles. The van der Waals surface area contributed by atoms with Crippen molar-refractivity contribution >= 4 is 44.1 Å². The molecule has 1 amide bonds. The fraction of sp³-hybridized carbons (Fsp3) is 0.214. The Morgan fingerprint density at radius 2 is 1.65 bits per heavy atom. The number of amides is 1. The first-order valence-electron chi connectivity index (χ1n) is 12.1. The third-order valence-corrected chi connectivity index (χ3v) is 7.98. The lowest BCUT2D eigenvalue weighted by molar-refractivity contribution is -0.121. The Hall–Kier alpha value is -3.46. The monoisotopic (exact) mass is 536 g/mol. The number of carbonyl (C=O) groups excluding carboxylic acids is 1. The Labute approximate surface area is 222 Å². The molecule has 1 aromatic heterocycles. The maximum Gasteiger partial charge on any atom is 0.243 e. The topological polar surface area (TPSA) is 91.4 Å². The quantitative estimate of drug-likeness (QED) is 0.255. The number of anilines is 1. The van der Waals surface area contributed by atoms with Gasteiger partial charge in [0.15, 0.2) is 0 Å². The van der Waals surface area contributed by atoms with E-state index in [2.05, 4.69) is 15.6 Å². The van der Waals surface area contributed by atoms with Gasteiger partial charge in [0.1, 0.15) is 0 Å². The van der Waals surface area contributed by atoms with Crippen LogP contribution in [0.1, 0.15) is 12.0 Å². The molecular weight excluding hydrogens is 508 g/mol. The number of halogens is 1. The summed E-state index contributed by atoms with van der Waals surface area (Å²) in [6.45, 7) is 1.00. The van der Waals surface area contributed by atoms with E-state index in [1.807, 2.05) is 54.6 Å². The minimum atomic E-state index is -3.82. The summed E-state index contributed by atoms with van der Waals surface area (Å²) in [4.78, 5) is 17.2. The Kier molecular flexibility index (Phi) is 9.11. The highest BCUT2D eigenvalue weighted by atomic mass is 35.5. The number of carbonyl (C=O) groups is 1. The normalized spacial score (nSPS) is 11.5. The number of hydrogen-bond donors (Lipinski definition) is 2. The van der Waals surface area contributed by atoms with Crippen LogP contribution in [-0.4, -0.2) is 49.8 Å². The second-order valence-corrected chi connectivity index (χ2v) is 10.9. The van der Waals surface area contributed by atoms with E-state index >= 15 is 0 Å². The summed E-state index contributed by atoms with van der Waals surface area (Å²) < 4.78 is 27.8. The van der Waals surface area contributed by atoms with E-state index in [1.165, 1.54) is 4.31 Å². The van der Waals surface area contributed by atoms with Gasteiger partial charge in [-0.05, 0) is 54.8 Å². The molecular formula is C28H29ClN4O3S. The number of aromatic nitrogens is 1. The predicted octanol–water partition coefficient (Wildman–Crippen LogP) is 4.74. The Morgan fingerprint density at radius 3 is 2.41 bits per heavy atom. The highest BCUT2D eigenvalue weighted by molar-refractivity contribution is 7.89. The second-order valence-electron chi connectivity index (χ2n) is 8.54. The molecule has 0 spiro atoms. The maximum atomic E-state index is 13.3. The number of nitrogens with zero attached hydrogens (tertiary/aromatic N) is 2. The van der Waals surface area contributed by atoms with Crippen molar-refractivity contribution in [3.8, 4) is 0 Å². The molecule has 4 aromatic rings. The molecule has 0 aliphatic rings. The van der Waals surface area contributed by atoms with Crippen LogP contribution in [0.3, 0.4) is 0 Å². The lowest BCUT2D eigenvalue weighted by Gasteiger charge is -2.22. The number of benzene rings is 3. The molecule has 37 heavy (non-hydrogen) atoms. The van der Waals surface area contributed by atoms with Crippen LogP contribution in [0.15, 0.2) is 96.0 Å². The van der Waals surface area contributed by atoms with Crippen molar-refractivity contribution in [2.45, 2.75) is 17.7 Å². The fourth-order valence-electron chi connectivity index (χ4n) is 3.95. The maximum absolute atomic E-state index is 13.3. The van der Waals surface area contributed by atoms with Crippen molar-refractivity contribution in [3.05, 3.63) is 102 Å². The number of nitrogens with one attached hydrogen (secondary N) is 2. The van der Waals surface area contributed by atoms with Gasteiger partial charge in [-0.1, -0.05) is 60.1 Å². The highest BCUT2D eigenvalue weighted by Gasteiger charge is 2.26. The van der Waals surface area contributed by atoms with Crippen LogP contribution in [0.4, 0.5) is 5.69 Å². The summed E-state index contributed by atoms with van der Waals surface area (Å²) in [5.74, 6) is -0.337. The molecule has 0 atom stereocenters. The van der Waals surface area contributed by atoms with E-state index in [0.717, 1.165) is 22.2 Å². The number of pyridine rings is 1. The first-order chi connectivity index (χ1) is 17.9. The molecule has 0 bridgehead atoms. The van der Waals surface area contributed by atoms with Crippen LogP contribution < -0.4 is 10.6 Å². The molecule has 0 saturated heterocycles. The number of fused-ring (bicyclic) bond motifs is 1. The van der Waals surface area contributed by atoms with E-state index in [4.69, 9.17) is 11.6 Å². The summed E-state index contributed by atoms with van der Waals surface area (Å²) >= 11 is 6.05. The Morgan fingerprint density at radius 1 is 0.919 bits per heavy atom. The lowest BCUT2D eigenvalue weighted by Crippen LogP contribution is -2.42. The van der Waals surface area contributed by atoms with Gasteiger partial charge in [0.2, 0.25) is 15.9 Å². The summed E-state index contributed by atoms with van der Waals surface area (Å²) in [5.41, 5.74) is 2.75. The zero-order valence-corrected chi connectivity index (χ0v) is 21.9. The van der Waals surface area contributed by atoms with E-state index < -0.39 is 10.0 Å². The second kappa shape index (κ2) is 12.7. The van der Waals surface area contributed by atoms with Gasteiger partial charge in [-0.25, -0.2) is 8.42 Å². The highest BCUT2D eigenvalue weighted by Crippen LogP contribution is 2.24. The van der Waals surface area contributed by atoms with E-state index in [0.29, 0.717) is 31.0 Å². The first-order valence-corrected chi connectivity index (χ1v) is 13.9. The average molecular weight is 537 g/mol. The third-order valence-electron chi connectivity index (χ3n) is 5.89. The van der Waals surface area contributed by atoms with E-state index in [-0.39, 0.29) is 23.9 Å². The summed E-state index contributed by atoms with van der Waals surface area (Å²) in [7, 11) is -3.82. The van der Waals surface area contributed by atoms with Crippen LogP contribution in [0, 0.1) is 0 Å². The van der Waals surface area contributed by atoms with Crippen molar-refractivity contribution < 1.29 is 13.2 Å². The lowest BCUT2D eigenvalue weighted by atomic mass is 10.1. The van der Waals surface area contributed by atoms with Crippen molar-refractivity contribution in [2.24, 2.45) is 0 Å². The standard InChI is InChI=1S/C28H29ClN4O3S/c29-23-12-13-25-26(14-18-31-27(25)20-23)30-16-7-17-32-28(34)21-33(19-15-22-8-3-1-4-9-22)37(35,36)24-10-5-2-6-11-24/h1-6,8-14,18,20H,7,15-17,19,21H2,(H,30,31)(H,32,34). The molecule has 9 heteroatoms. The largest absolute Gasteiger partial charge is 0.384 e. The van der Waals surface area contributed by atoms with Crippen LogP contribution in [0.2, 0.25) is 5.02 Å². The minimum Gasteiger partial charge on any atom is -0.384 e. The minimum absolute atomic E-state index is 0.172. The van der Waals surface area contributed by atoms with Crippen molar-refractivity contribution in [1.29, 1.82) is 0 Å². The molecule has 4 rings (SSSR count). The summed E-state index contributed by atoms with van der Waals surface area (Å²) in [6, 6.07) is 25.3. The number of sulfonamides is 1. The average Bonchev–Trinajstić information content (AvgIpc) is 2.91. The van der Waals surface area contributed by atoms with Gasteiger partial charge in [-0.3, -0.25) is 9.78 Å². The van der Waals surface area contributed by atoms with Gasteiger partial charge in [-0.2, -0.15) is 4.31 Å². The van der Waals surface area contributed by atoms with Gasteiger partial charge in [0.25, 0.3) is 0 Å². The van der Waals surface area contributed by atoms with Crippen LogP contribution in [-0.2, 0) is 21.2 Å². The SMILES string of the molecule is O=C(CN(CCc1ccccc1)S(=O)(=O)c1ccccc1)NCCCNc1ccnc2cc(Cl)ccc12. The third kappa shape index (κ3) is 7.29. The Balaban J connectivity index is 1.32. The van der Waals surface area contributed by atoms with Crippen molar-refractivity contribution in [3.63, 3.8) is 0 Å².